The van der Waals surface area contributed by atoms with E-state index in [1.165, 1.54) is 18.4 Å². The van der Waals surface area contributed by atoms with Gasteiger partial charge in [-0.25, -0.2) is 0 Å². The van der Waals surface area contributed by atoms with Crippen molar-refractivity contribution in [3.63, 3.8) is 0 Å². The molecule has 0 saturated carbocycles. The van der Waals surface area contributed by atoms with Crippen molar-refractivity contribution in [2.45, 2.75) is 0 Å². The zero-order chi connectivity index (χ0) is 13.2. The molecule has 0 aromatic heterocycles. The molecule has 1 amide bonds. The highest BCUT2D eigenvalue weighted by Gasteiger charge is 2.32. The number of nitrogens with two attached hydrogens (primary N) is 1. The topological polar surface area (TPSA) is 87.0 Å². The van der Waals surface area contributed by atoms with Crippen LogP contribution < -0.4 is 5.73 Å². The van der Waals surface area contributed by atoms with Gasteiger partial charge >= 0.3 is 0 Å². The fourth-order valence-electron chi connectivity index (χ4n) is 1.77. The second-order valence-electron chi connectivity index (χ2n) is 4.51. The molecule has 0 aromatic rings. The Kier molecular flexibility index (Phi) is 4.48. The van der Waals surface area contributed by atoms with E-state index < -0.39 is 22.0 Å². The van der Waals surface area contributed by atoms with Gasteiger partial charge in [0.05, 0.1) is 5.92 Å². The number of likely N-dealkylation sites (N-methyl/N-ethyl adjacent to an activating group) is 1. The first-order chi connectivity index (χ1) is 7.75. The van der Waals surface area contributed by atoms with Crippen LogP contribution in [0.25, 0.3) is 0 Å². The molecule has 0 spiro atoms. The third-order valence-electron chi connectivity index (χ3n) is 2.88. The first-order valence-corrected chi connectivity index (χ1v) is 6.80. The summed E-state index contributed by atoms with van der Waals surface area (Å²) in [7, 11) is 1.32. The Labute approximate surface area is 102 Å². The van der Waals surface area contributed by atoms with Crippen LogP contribution in [0.1, 0.15) is 0 Å². The molecule has 1 saturated heterocycles. The molecule has 1 atom stereocenters. The molecule has 1 heterocycles. The Morgan fingerprint density at radius 3 is 2.35 bits per heavy atom. The fourth-order valence-corrected chi connectivity index (χ4v) is 2.91. The third kappa shape index (κ3) is 3.38. The van der Waals surface area contributed by atoms with E-state index in [-0.39, 0.29) is 6.54 Å². The number of carbonyl (C=O) groups excluding carboxylic acids is 1. The predicted molar refractivity (Wildman–Crippen MR) is 64.4 cm³/mol. The van der Waals surface area contributed by atoms with Crippen LogP contribution >= 0.6 is 0 Å². The van der Waals surface area contributed by atoms with Crippen LogP contribution in [0.5, 0.6) is 0 Å². The number of carbonyl (C=O) groups is 1. The molecule has 1 rings (SSSR count). The Balaban J connectivity index is 2.91. The van der Waals surface area contributed by atoms with Gasteiger partial charge in [0, 0.05) is 40.3 Å². The average Bonchev–Trinajstić information content (AvgIpc) is 2.40. The molecule has 0 aliphatic carbocycles. The van der Waals surface area contributed by atoms with Crippen LogP contribution in [0, 0.1) is 5.92 Å². The number of hydrogen-bond donors (Lipinski definition) is 1. The van der Waals surface area contributed by atoms with Gasteiger partial charge in [0.1, 0.15) is 0 Å². The van der Waals surface area contributed by atoms with Gasteiger partial charge in [0.2, 0.25) is 5.91 Å². The van der Waals surface area contributed by atoms with Gasteiger partial charge in [0.15, 0.2) is 0 Å². The van der Waals surface area contributed by atoms with Crippen molar-refractivity contribution < 1.29 is 13.2 Å². The van der Waals surface area contributed by atoms with E-state index in [0.717, 1.165) is 4.31 Å². The molecule has 8 heteroatoms. The van der Waals surface area contributed by atoms with Crippen LogP contribution in [-0.4, -0.2) is 75.2 Å². The summed E-state index contributed by atoms with van der Waals surface area (Å²) in [6.45, 7) is 1.62. The lowest BCUT2D eigenvalue weighted by Gasteiger charge is -2.25. The minimum atomic E-state index is -3.48. The Bertz CT molecular complexity index is 382. The highest BCUT2D eigenvalue weighted by atomic mass is 32.2. The standard InChI is InChI=1S/C9H20N4O3S/c1-11(2)17(15,16)13-5-4-12(3)6-8(7-13)9(10)14/h8H,4-7H2,1-3H3,(H2,10,14)/t8-/m1/s1. The van der Waals surface area contributed by atoms with E-state index in [1.54, 1.807) is 0 Å². The molecule has 1 fully saturated rings. The van der Waals surface area contributed by atoms with Crippen LogP contribution in [0.2, 0.25) is 0 Å². The van der Waals surface area contributed by atoms with Crippen molar-refractivity contribution in [3.05, 3.63) is 0 Å². The summed E-state index contributed by atoms with van der Waals surface area (Å²) < 4.78 is 26.4. The monoisotopic (exact) mass is 264 g/mol. The molecular weight excluding hydrogens is 244 g/mol. The summed E-state index contributed by atoms with van der Waals surface area (Å²) in [6.07, 6.45) is 0. The number of amides is 1. The van der Waals surface area contributed by atoms with Crippen LogP contribution in [-0.2, 0) is 15.0 Å². The van der Waals surface area contributed by atoms with Crippen molar-refractivity contribution in [2.24, 2.45) is 11.7 Å². The van der Waals surface area contributed by atoms with Crippen molar-refractivity contribution in [2.75, 3.05) is 47.3 Å². The van der Waals surface area contributed by atoms with E-state index in [0.29, 0.717) is 19.6 Å². The molecule has 17 heavy (non-hydrogen) atoms. The summed E-state index contributed by atoms with van der Waals surface area (Å²) in [4.78, 5) is 13.2. The summed E-state index contributed by atoms with van der Waals surface area (Å²) in [5.74, 6) is -0.921. The lowest BCUT2D eigenvalue weighted by molar-refractivity contribution is -0.122. The molecule has 0 radical (unpaired) electrons. The number of hydrogen-bond acceptors (Lipinski definition) is 4. The van der Waals surface area contributed by atoms with Crippen LogP contribution in [0.3, 0.4) is 0 Å². The maximum Gasteiger partial charge on any atom is 0.281 e. The zero-order valence-corrected chi connectivity index (χ0v) is 11.3. The van der Waals surface area contributed by atoms with E-state index in [1.807, 2.05) is 11.9 Å². The summed E-state index contributed by atoms with van der Waals surface area (Å²) in [5.41, 5.74) is 5.28. The Morgan fingerprint density at radius 2 is 1.88 bits per heavy atom. The predicted octanol–water partition coefficient (Wildman–Crippen LogP) is -1.86. The van der Waals surface area contributed by atoms with Gasteiger partial charge in [-0.05, 0) is 7.05 Å². The first kappa shape index (κ1) is 14.4. The summed E-state index contributed by atoms with van der Waals surface area (Å²) in [5, 5.41) is 0. The quantitative estimate of drug-likeness (QED) is 0.648. The molecule has 0 bridgehead atoms. The smallest absolute Gasteiger partial charge is 0.281 e. The molecule has 7 nitrogen and oxygen atoms in total. The van der Waals surface area contributed by atoms with E-state index >= 15 is 0 Å². The Hall–Kier alpha value is -0.700. The summed E-state index contributed by atoms with van der Waals surface area (Å²) in [6, 6.07) is 0. The van der Waals surface area contributed by atoms with Crippen molar-refractivity contribution in [1.82, 2.24) is 13.5 Å². The van der Waals surface area contributed by atoms with Gasteiger partial charge in [-0.3, -0.25) is 4.79 Å². The highest BCUT2D eigenvalue weighted by molar-refractivity contribution is 7.86. The maximum atomic E-state index is 12.0. The maximum absolute atomic E-state index is 12.0. The highest BCUT2D eigenvalue weighted by Crippen LogP contribution is 2.13. The van der Waals surface area contributed by atoms with Crippen molar-refractivity contribution in [1.29, 1.82) is 0 Å². The van der Waals surface area contributed by atoms with E-state index in [9.17, 15) is 13.2 Å². The van der Waals surface area contributed by atoms with Crippen LogP contribution in [0.15, 0.2) is 0 Å². The van der Waals surface area contributed by atoms with Gasteiger partial charge < -0.3 is 10.6 Å². The largest absolute Gasteiger partial charge is 0.369 e. The number of primary amides is 1. The molecule has 2 N–H and O–H groups in total. The van der Waals surface area contributed by atoms with Gasteiger partial charge in [-0.1, -0.05) is 0 Å². The van der Waals surface area contributed by atoms with Gasteiger partial charge in [-0.15, -0.1) is 0 Å². The Morgan fingerprint density at radius 1 is 1.29 bits per heavy atom. The lowest BCUT2D eigenvalue weighted by Crippen LogP contribution is -2.45. The molecular formula is C9H20N4O3S. The van der Waals surface area contributed by atoms with Crippen molar-refractivity contribution in [3.8, 4) is 0 Å². The average molecular weight is 264 g/mol. The molecule has 1 aliphatic rings. The van der Waals surface area contributed by atoms with Gasteiger partial charge in [0.25, 0.3) is 10.2 Å². The fraction of sp³-hybridized carbons (Fsp3) is 0.889. The first-order valence-electron chi connectivity index (χ1n) is 5.40. The second-order valence-corrected chi connectivity index (χ2v) is 6.65. The second kappa shape index (κ2) is 5.30. The minimum absolute atomic E-state index is 0.153. The molecule has 100 valence electrons. The SMILES string of the molecule is CN1CCN(S(=O)(=O)N(C)C)C[C@H](C(N)=O)C1. The van der Waals surface area contributed by atoms with E-state index in [2.05, 4.69) is 0 Å². The zero-order valence-electron chi connectivity index (χ0n) is 10.5. The molecule has 0 unspecified atom stereocenters. The lowest BCUT2D eigenvalue weighted by atomic mass is 10.1. The number of rotatable bonds is 3. The van der Waals surface area contributed by atoms with E-state index in [4.69, 9.17) is 5.73 Å². The van der Waals surface area contributed by atoms with Crippen molar-refractivity contribution >= 4 is 16.1 Å². The number of nitrogens with zero attached hydrogens (tertiary/aromatic N) is 3. The minimum Gasteiger partial charge on any atom is -0.369 e. The normalized spacial score (nSPS) is 24.8. The van der Waals surface area contributed by atoms with Gasteiger partial charge in [-0.2, -0.15) is 17.0 Å². The van der Waals surface area contributed by atoms with Crippen LogP contribution in [0.4, 0.5) is 0 Å². The molecule has 0 aromatic carbocycles. The summed E-state index contributed by atoms with van der Waals surface area (Å²) >= 11 is 0. The molecule has 1 aliphatic heterocycles. The third-order valence-corrected chi connectivity index (χ3v) is 4.78.